The van der Waals surface area contributed by atoms with Crippen molar-refractivity contribution >= 4 is 6.08 Å². The Bertz CT molecular complexity index is 708. The Balaban J connectivity index is 2.10. The molecule has 3 nitrogen and oxygen atoms in total. The lowest BCUT2D eigenvalue weighted by molar-refractivity contribution is 0.149. The van der Waals surface area contributed by atoms with Crippen molar-refractivity contribution in [3.05, 3.63) is 53.9 Å². The quantitative estimate of drug-likeness (QED) is 0.809. The molecule has 0 saturated carbocycles. The first-order valence-electron chi connectivity index (χ1n) is 6.60. The van der Waals surface area contributed by atoms with Gasteiger partial charge in [0.2, 0.25) is 0 Å². The van der Waals surface area contributed by atoms with Gasteiger partial charge in [0.25, 0.3) is 0 Å². The molecule has 1 aromatic carbocycles. The van der Waals surface area contributed by atoms with Gasteiger partial charge in [0, 0.05) is 11.1 Å². The summed E-state index contributed by atoms with van der Waals surface area (Å²) >= 11 is 0. The lowest BCUT2D eigenvalue weighted by atomic mass is 9.91. The number of aromatic nitrogens is 1. The molecule has 0 bridgehead atoms. The first kappa shape index (κ1) is 12.7. The smallest absolute Gasteiger partial charge is 0.131 e. The van der Waals surface area contributed by atoms with Crippen LogP contribution in [-0.2, 0) is 0 Å². The number of benzene rings is 1. The third kappa shape index (κ3) is 1.95. The normalized spacial score (nSPS) is 16.1. The average molecular weight is 267 g/mol. The SMILES string of the molecule is C=CC1=Cc2ccc(-c3conc3C)cc2OC1(C)C. The molecule has 1 aliphatic rings. The number of hydrogen-bond acceptors (Lipinski definition) is 3. The Labute approximate surface area is 118 Å². The predicted octanol–water partition coefficient (Wildman–Crippen LogP) is 4.39. The maximum atomic E-state index is 6.11. The minimum atomic E-state index is -0.364. The Morgan fingerprint density at radius 2 is 2.10 bits per heavy atom. The molecule has 0 atom stereocenters. The average Bonchev–Trinajstić information content (AvgIpc) is 2.82. The summed E-state index contributed by atoms with van der Waals surface area (Å²) in [5.41, 5.74) is 4.71. The van der Waals surface area contributed by atoms with Crippen molar-refractivity contribution in [3.63, 3.8) is 0 Å². The third-order valence-corrected chi connectivity index (χ3v) is 3.67. The van der Waals surface area contributed by atoms with Crippen LogP contribution in [0.3, 0.4) is 0 Å². The highest BCUT2D eigenvalue weighted by Gasteiger charge is 2.28. The number of nitrogens with zero attached hydrogens (tertiary/aromatic N) is 1. The Hall–Kier alpha value is -2.29. The zero-order valence-corrected chi connectivity index (χ0v) is 11.9. The van der Waals surface area contributed by atoms with Crippen molar-refractivity contribution in [2.45, 2.75) is 26.4 Å². The monoisotopic (exact) mass is 267 g/mol. The third-order valence-electron chi connectivity index (χ3n) is 3.67. The van der Waals surface area contributed by atoms with Crippen molar-refractivity contribution in [3.8, 4) is 16.9 Å². The summed E-state index contributed by atoms with van der Waals surface area (Å²) in [5, 5.41) is 3.92. The Kier molecular flexibility index (Phi) is 2.78. The highest BCUT2D eigenvalue weighted by molar-refractivity contribution is 5.73. The van der Waals surface area contributed by atoms with Crippen molar-refractivity contribution < 1.29 is 9.26 Å². The molecule has 0 unspecified atom stereocenters. The molecule has 2 heterocycles. The highest BCUT2D eigenvalue weighted by atomic mass is 16.5. The van der Waals surface area contributed by atoms with E-state index in [1.165, 1.54) is 0 Å². The molecule has 20 heavy (non-hydrogen) atoms. The molecule has 0 aliphatic carbocycles. The fourth-order valence-electron chi connectivity index (χ4n) is 2.46. The van der Waals surface area contributed by atoms with Crippen molar-refractivity contribution in [1.82, 2.24) is 5.16 Å². The molecule has 2 aromatic rings. The largest absolute Gasteiger partial charge is 0.483 e. The second kappa shape index (κ2) is 4.37. The maximum absolute atomic E-state index is 6.11. The minimum absolute atomic E-state index is 0.364. The van der Waals surface area contributed by atoms with Gasteiger partial charge in [-0.05, 0) is 44.1 Å². The van der Waals surface area contributed by atoms with Crippen LogP contribution in [0, 0.1) is 6.92 Å². The van der Waals surface area contributed by atoms with Gasteiger partial charge in [-0.1, -0.05) is 29.9 Å². The van der Waals surface area contributed by atoms with E-state index in [0.29, 0.717) is 0 Å². The zero-order valence-electron chi connectivity index (χ0n) is 11.9. The van der Waals surface area contributed by atoms with Gasteiger partial charge >= 0.3 is 0 Å². The van der Waals surface area contributed by atoms with Crippen molar-refractivity contribution in [2.24, 2.45) is 0 Å². The van der Waals surface area contributed by atoms with Crippen LogP contribution in [0.2, 0.25) is 0 Å². The molecular formula is C17H17NO2. The summed E-state index contributed by atoms with van der Waals surface area (Å²) in [7, 11) is 0. The molecular weight excluding hydrogens is 250 g/mol. The van der Waals surface area contributed by atoms with Gasteiger partial charge in [-0.2, -0.15) is 0 Å². The standard InChI is InChI=1S/C17H17NO2/c1-5-14-8-13-7-6-12(15-10-19-18-11(15)2)9-16(13)20-17(14,3)4/h5-10H,1H2,2-4H3. The van der Waals surface area contributed by atoms with Crippen LogP contribution in [0.25, 0.3) is 17.2 Å². The maximum Gasteiger partial charge on any atom is 0.131 e. The van der Waals surface area contributed by atoms with E-state index in [2.05, 4.69) is 29.9 Å². The highest BCUT2D eigenvalue weighted by Crippen LogP contribution is 2.38. The van der Waals surface area contributed by atoms with Crippen molar-refractivity contribution in [1.29, 1.82) is 0 Å². The molecule has 0 radical (unpaired) electrons. The second-order valence-electron chi connectivity index (χ2n) is 5.48. The van der Waals surface area contributed by atoms with Gasteiger partial charge in [0.05, 0.1) is 5.69 Å². The van der Waals surface area contributed by atoms with E-state index in [0.717, 1.165) is 33.7 Å². The molecule has 3 heteroatoms. The number of hydrogen-bond donors (Lipinski definition) is 0. The van der Waals surface area contributed by atoms with E-state index < -0.39 is 0 Å². The van der Waals surface area contributed by atoms with Crippen LogP contribution < -0.4 is 4.74 Å². The van der Waals surface area contributed by atoms with Crippen LogP contribution >= 0.6 is 0 Å². The Morgan fingerprint density at radius 3 is 2.75 bits per heavy atom. The number of ether oxygens (including phenoxy) is 1. The molecule has 3 rings (SSSR count). The topological polar surface area (TPSA) is 35.3 Å². The van der Waals surface area contributed by atoms with E-state index in [4.69, 9.17) is 9.26 Å². The van der Waals surface area contributed by atoms with E-state index in [9.17, 15) is 0 Å². The summed E-state index contributed by atoms with van der Waals surface area (Å²) in [5.74, 6) is 0.874. The molecule has 0 fully saturated rings. The molecule has 0 spiro atoms. The van der Waals surface area contributed by atoms with E-state index in [1.54, 1.807) is 6.26 Å². The van der Waals surface area contributed by atoms with Gasteiger partial charge in [0.15, 0.2) is 0 Å². The molecule has 102 valence electrons. The van der Waals surface area contributed by atoms with Gasteiger partial charge in [0.1, 0.15) is 17.6 Å². The summed E-state index contributed by atoms with van der Waals surface area (Å²) in [6, 6.07) is 6.14. The minimum Gasteiger partial charge on any atom is -0.483 e. The molecule has 0 amide bonds. The summed E-state index contributed by atoms with van der Waals surface area (Å²) in [6.07, 6.45) is 5.63. The van der Waals surface area contributed by atoms with Crippen LogP contribution in [0.4, 0.5) is 0 Å². The van der Waals surface area contributed by atoms with Gasteiger partial charge in [-0.25, -0.2) is 0 Å². The number of rotatable bonds is 2. The lowest BCUT2D eigenvalue weighted by Gasteiger charge is -2.32. The summed E-state index contributed by atoms with van der Waals surface area (Å²) in [4.78, 5) is 0. The van der Waals surface area contributed by atoms with E-state index >= 15 is 0 Å². The van der Waals surface area contributed by atoms with Crippen LogP contribution in [0.1, 0.15) is 25.1 Å². The van der Waals surface area contributed by atoms with E-state index in [-0.39, 0.29) is 5.60 Å². The molecule has 0 saturated heterocycles. The van der Waals surface area contributed by atoms with Crippen molar-refractivity contribution in [2.75, 3.05) is 0 Å². The first-order chi connectivity index (χ1) is 9.51. The predicted molar refractivity (Wildman–Crippen MR) is 79.6 cm³/mol. The van der Waals surface area contributed by atoms with Gasteiger partial charge in [-0.15, -0.1) is 0 Å². The molecule has 1 aromatic heterocycles. The second-order valence-corrected chi connectivity index (χ2v) is 5.48. The fourth-order valence-corrected chi connectivity index (χ4v) is 2.46. The molecule has 0 N–H and O–H groups in total. The van der Waals surface area contributed by atoms with Gasteiger partial charge in [-0.3, -0.25) is 0 Å². The van der Waals surface area contributed by atoms with Gasteiger partial charge < -0.3 is 9.26 Å². The fraction of sp³-hybridized carbons (Fsp3) is 0.235. The summed E-state index contributed by atoms with van der Waals surface area (Å²) < 4.78 is 11.1. The number of fused-ring (bicyclic) bond motifs is 1. The van der Waals surface area contributed by atoms with Crippen LogP contribution in [0.5, 0.6) is 5.75 Å². The zero-order chi connectivity index (χ0) is 14.3. The lowest BCUT2D eigenvalue weighted by Crippen LogP contribution is -2.32. The van der Waals surface area contributed by atoms with Crippen LogP contribution in [0.15, 0.2) is 47.2 Å². The Morgan fingerprint density at radius 1 is 1.30 bits per heavy atom. The van der Waals surface area contributed by atoms with Crippen LogP contribution in [-0.4, -0.2) is 10.8 Å². The van der Waals surface area contributed by atoms with E-state index in [1.807, 2.05) is 32.9 Å². The summed E-state index contributed by atoms with van der Waals surface area (Å²) in [6.45, 7) is 9.87. The molecule has 1 aliphatic heterocycles. The first-order valence-corrected chi connectivity index (χ1v) is 6.60. The number of aryl methyl sites for hydroxylation is 1.